The quantitative estimate of drug-likeness (QED) is 0.798. The van der Waals surface area contributed by atoms with Crippen LogP contribution in [-0.4, -0.2) is 9.78 Å². The summed E-state index contributed by atoms with van der Waals surface area (Å²) >= 11 is 0. The van der Waals surface area contributed by atoms with Gasteiger partial charge in [0.05, 0.1) is 23.2 Å². The van der Waals surface area contributed by atoms with Gasteiger partial charge in [0.25, 0.3) is 0 Å². The van der Waals surface area contributed by atoms with Gasteiger partial charge >= 0.3 is 0 Å². The highest BCUT2D eigenvalue weighted by Crippen LogP contribution is 2.43. The number of nitrogens with zero attached hydrogens (tertiary/aromatic N) is 3. The second-order valence-electron chi connectivity index (χ2n) is 6.17. The highest BCUT2D eigenvalue weighted by molar-refractivity contribution is 5.12. The summed E-state index contributed by atoms with van der Waals surface area (Å²) in [5.74, 6) is 0.681. The minimum absolute atomic E-state index is 0.160. The molecule has 19 heavy (non-hydrogen) atoms. The zero-order chi connectivity index (χ0) is 13.9. The molecule has 0 aliphatic heterocycles. The van der Waals surface area contributed by atoms with Gasteiger partial charge in [-0.2, -0.15) is 10.4 Å². The Balaban J connectivity index is 2.09. The standard InChI is InChI=1S/C16H25N3/c1-4-15(5-2)19-9-7-14(18-19)11-16(12-17)8-6-13(3)10-16/h7,9,13,15H,4-6,8,10-11H2,1-3H3. The molecule has 1 saturated carbocycles. The molecule has 0 radical (unpaired) electrons. The van der Waals surface area contributed by atoms with Crippen molar-refractivity contribution in [3.05, 3.63) is 18.0 Å². The maximum absolute atomic E-state index is 9.52. The first-order valence-corrected chi connectivity index (χ1v) is 7.57. The smallest absolute Gasteiger partial charge is 0.0693 e. The van der Waals surface area contributed by atoms with Gasteiger partial charge in [-0.1, -0.05) is 20.8 Å². The molecule has 104 valence electrons. The molecular formula is C16H25N3. The fourth-order valence-electron chi connectivity index (χ4n) is 3.38. The Kier molecular flexibility index (Phi) is 4.29. The van der Waals surface area contributed by atoms with Crippen LogP contribution in [0.1, 0.15) is 64.6 Å². The van der Waals surface area contributed by atoms with Crippen molar-refractivity contribution in [1.29, 1.82) is 5.26 Å². The first-order valence-electron chi connectivity index (χ1n) is 7.57. The van der Waals surface area contributed by atoms with E-state index in [2.05, 4.69) is 43.8 Å². The minimum Gasteiger partial charge on any atom is -0.269 e. The molecule has 0 amide bonds. The van der Waals surface area contributed by atoms with Crippen molar-refractivity contribution >= 4 is 0 Å². The Labute approximate surface area is 116 Å². The summed E-state index contributed by atoms with van der Waals surface area (Å²) in [6.45, 7) is 6.65. The lowest BCUT2D eigenvalue weighted by atomic mass is 9.82. The van der Waals surface area contributed by atoms with Gasteiger partial charge in [0.2, 0.25) is 0 Å². The predicted molar refractivity (Wildman–Crippen MR) is 76.6 cm³/mol. The molecule has 1 aromatic rings. The van der Waals surface area contributed by atoms with E-state index in [4.69, 9.17) is 5.10 Å². The Morgan fingerprint density at radius 3 is 2.79 bits per heavy atom. The molecule has 3 nitrogen and oxygen atoms in total. The van der Waals surface area contributed by atoms with E-state index in [9.17, 15) is 5.26 Å². The third kappa shape index (κ3) is 3.00. The molecule has 1 aromatic heterocycles. The largest absolute Gasteiger partial charge is 0.269 e. The molecular weight excluding hydrogens is 234 g/mol. The summed E-state index contributed by atoms with van der Waals surface area (Å²) in [6, 6.07) is 5.17. The van der Waals surface area contributed by atoms with Crippen molar-refractivity contribution in [1.82, 2.24) is 9.78 Å². The normalized spacial score (nSPS) is 26.8. The van der Waals surface area contributed by atoms with Gasteiger partial charge in [-0.05, 0) is 44.1 Å². The second kappa shape index (κ2) is 5.77. The van der Waals surface area contributed by atoms with Crippen LogP contribution in [0.15, 0.2) is 12.3 Å². The number of nitriles is 1. The monoisotopic (exact) mass is 259 g/mol. The number of hydrogen-bond donors (Lipinski definition) is 0. The van der Waals surface area contributed by atoms with Gasteiger partial charge in [-0.3, -0.25) is 4.68 Å². The maximum Gasteiger partial charge on any atom is 0.0693 e. The van der Waals surface area contributed by atoms with Gasteiger partial charge in [0.15, 0.2) is 0 Å². The van der Waals surface area contributed by atoms with Gasteiger partial charge in [0, 0.05) is 12.6 Å². The first-order chi connectivity index (χ1) is 9.12. The molecule has 0 spiro atoms. The van der Waals surface area contributed by atoms with E-state index >= 15 is 0 Å². The van der Waals surface area contributed by atoms with Crippen molar-refractivity contribution < 1.29 is 0 Å². The summed E-state index contributed by atoms with van der Waals surface area (Å²) < 4.78 is 2.08. The van der Waals surface area contributed by atoms with Crippen LogP contribution in [0.5, 0.6) is 0 Å². The number of rotatable bonds is 5. The van der Waals surface area contributed by atoms with Crippen molar-refractivity contribution in [2.24, 2.45) is 11.3 Å². The minimum atomic E-state index is -0.160. The average molecular weight is 259 g/mol. The molecule has 0 bridgehead atoms. The molecule has 1 fully saturated rings. The molecule has 0 aromatic carbocycles. The lowest BCUT2D eigenvalue weighted by molar-refractivity contribution is 0.377. The topological polar surface area (TPSA) is 41.6 Å². The summed E-state index contributed by atoms with van der Waals surface area (Å²) in [7, 11) is 0. The van der Waals surface area contributed by atoms with E-state index in [0.29, 0.717) is 12.0 Å². The van der Waals surface area contributed by atoms with Crippen molar-refractivity contribution in [3.8, 4) is 6.07 Å². The average Bonchev–Trinajstić information content (AvgIpc) is 3.00. The Morgan fingerprint density at radius 2 is 2.26 bits per heavy atom. The Hall–Kier alpha value is -1.30. The van der Waals surface area contributed by atoms with Crippen LogP contribution in [-0.2, 0) is 6.42 Å². The summed E-state index contributed by atoms with van der Waals surface area (Å²) in [5.41, 5.74) is 0.926. The number of aromatic nitrogens is 2. The van der Waals surface area contributed by atoms with E-state index < -0.39 is 0 Å². The van der Waals surface area contributed by atoms with E-state index in [1.807, 2.05) is 0 Å². The Bertz CT molecular complexity index is 453. The SMILES string of the molecule is CCC(CC)n1ccc(CC2(C#N)CCC(C)C2)n1. The van der Waals surface area contributed by atoms with Crippen LogP contribution < -0.4 is 0 Å². The lowest BCUT2D eigenvalue weighted by Gasteiger charge is -2.19. The van der Waals surface area contributed by atoms with Crippen LogP contribution in [0.25, 0.3) is 0 Å². The van der Waals surface area contributed by atoms with Crippen LogP contribution >= 0.6 is 0 Å². The van der Waals surface area contributed by atoms with Crippen molar-refractivity contribution in [2.45, 2.75) is 65.3 Å². The molecule has 0 N–H and O–H groups in total. The fraction of sp³-hybridized carbons (Fsp3) is 0.750. The van der Waals surface area contributed by atoms with Gasteiger partial charge in [0.1, 0.15) is 0 Å². The highest BCUT2D eigenvalue weighted by Gasteiger charge is 2.38. The number of hydrogen-bond acceptors (Lipinski definition) is 2. The predicted octanol–water partition coefficient (Wildman–Crippen LogP) is 4.12. The van der Waals surface area contributed by atoms with Gasteiger partial charge in [-0.15, -0.1) is 0 Å². The van der Waals surface area contributed by atoms with Crippen LogP contribution in [0, 0.1) is 22.7 Å². The molecule has 3 heteroatoms. The summed E-state index contributed by atoms with van der Waals surface area (Å²) in [5, 5.41) is 14.2. The highest BCUT2D eigenvalue weighted by atomic mass is 15.3. The zero-order valence-corrected chi connectivity index (χ0v) is 12.4. The summed E-state index contributed by atoms with van der Waals surface area (Å²) in [4.78, 5) is 0. The molecule has 1 aliphatic rings. The van der Waals surface area contributed by atoms with E-state index in [0.717, 1.165) is 37.8 Å². The lowest BCUT2D eigenvalue weighted by Crippen LogP contribution is -2.18. The Morgan fingerprint density at radius 1 is 1.53 bits per heavy atom. The third-order valence-corrected chi connectivity index (χ3v) is 4.59. The molecule has 1 aliphatic carbocycles. The van der Waals surface area contributed by atoms with Gasteiger partial charge < -0.3 is 0 Å². The van der Waals surface area contributed by atoms with Crippen molar-refractivity contribution in [3.63, 3.8) is 0 Å². The fourth-order valence-corrected chi connectivity index (χ4v) is 3.38. The van der Waals surface area contributed by atoms with Crippen LogP contribution in [0.4, 0.5) is 0 Å². The third-order valence-electron chi connectivity index (χ3n) is 4.59. The van der Waals surface area contributed by atoms with E-state index in [-0.39, 0.29) is 5.41 Å². The van der Waals surface area contributed by atoms with Crippen molar-refractivity contribution in [2.75, 3.05) is 0 Å². The van der Waals surface area contributed by atoms with Gasteiger partial charge in [-0.25, -0.2) is 0 Å². The first kappa shape index (κ1) is 14.1. The molecule has 2 rings (SSSR count). The molecule has 2 unspecified atom stereocenters. The van der Waals surface area contributed by atoms with Crippen LogP contribution in [0.3, 0.4) is 0 Å². The summed E-state index contributed by atoms with van der Waals surface area (Å²) in [6.07, 6.45) is 8.36. The maximum atomic E-state index is 9.52. The second-order valence-corrected chi connectivity index (χ2v) is 6.17. The van der Waals surface area contributed by atoms with E-state index in [1.54, 1.807) is 0 Å². The molecule has 1 heterocycles. The molecule has 0 saturated heterocycles. The zero-order valence-electron chi connectivity index (χ0n) is 12.4. The van der Waals surface area contributed by atoms with E-state index in [1.165, 1.54) is 6.42 Å². The molecule has 2 atom stereocenters. The van der Waals surface area contributed by atoms with Crippen LogP contribution in [0.2, 0.25) is 0 Å².